The minimum atomic E-state index is -0.882. The summed E-state index contributed by atoms with van der Waals surface area (Å²) in [5.41, 5.74) is 0.940. The van der Waals surface area contributed by atoms with Crippen molar-refractivity contribution in [3.63, 3.8) is 0 Å². The predicted molar refractivity (Wildman–Crippen MR) is 93.1 cm³/mol. The standard InChI is InChI=1S/C19H24N2O5/c1-13-17(18(23)20-9-5-8-15(11-20)19(24)25)21(16(22)12-26-13)10-14-6-3-2-4-7-14/h2-4,6-7,13,15,17H,5,8-12H2,1H3,(H,24,25)/t13-,15?,17+/m1/s1. The van der Waals surface area contributed by atoms with Gasteiger partial charge in [0.1, 0.15) is 12.6 Å². The molecule has 1 N–H and O–H groups in total. The van der Waals surface area contributed by atoms with Crippen molar-refractivity contribution >= 4 is 17.8 Å². The monoisotopic (exact) mass is 360 g/mol. The summed E-state index contributed by atoms with van der Waals surface area (Å²) >= 11 is 0. The quantitative estimate of drug-likeness (QED) is 0.870. The highest BCUT2D eigenvalue weighted by molar-refractivity contribution is 5.90. The number of nitrogens with zero attached hydrogens (tertiary/aromatic N) is 2. The van der Waals surface area contributed by atoms with Crippen LogP contribution < -0.4 is 0 Å². The van der Waals surface area contributed by atoms with Crippen LogP contribution in [0.4, 0.5) is 0 Å². The average Bonchev–Trinajstić information content (AvgIpc) is 2.65. The number of amides is 2. The second-order valence-corrected chi connectivity index (χ2v) is 6.93. The molecular weight excluding hydrogens is 336 g/mol. The predicted octanol–water partition coefficient (Wildman–Crippen LogP) is 1.13. The summed E-state index contributed by atoms with van der Waals surface area (Å²) in [6.07, 6.45) is 0.786. The Bertz CT molecular complexity index is 678. The Morgan fingerprint density at radius 1 is 1.27 bits per heavy atom. The first kappa shape index (κ1) is 18.4. The van der Waals surface area contributed by atoms with E-state index in [0.717, 1.165) is 5.56 Å². The van der Waals surface area contributed by atoms with E-state index in [4.69, 9.17) is 4.74 Å². The first-order chi connectivity index (χ1) is 12.5. The molecule has 7 nitrogen and oxygen atoms in total. The first-order valence-corrected chi connectivity index (χ1v) is 8.94. The lowest BCUT2D eigenvalue weighted by atomic mass is 9.96. The Morgan fingerprint density at radius 3 is 2.69 bits per heavy atom. The molecule has 2 amide bonds. The van der Waals surface area contributed by atoms with Gasteiger partial charge in [-0.1, -0.05) is 30.3 Å². The minimum absolute atomic E-state index is 0.0461. The van der Waals surface area contributed by atoms with Gasteiger partial charge < -0.3 is 19.6 Å². The van der Waals surface area contributed by atoms with Crippen LogP contribution in [0.15, 0.2) is 30.3 Å². The Labute approximate surface area is 152 Å². The molecule has 2 fully saturated rings. The maximum absolute atomic E-state index is 13.1. The van der Waals surface area contributed by atoms with E-state index in [1.165, 1.54) is 0 Å². The van der Waals surface area contributed by atoms with E-state index in [-0.39, 0.29) is 25.0 Å². The Hall–Kier alpha value is -2.41. The Kier molecular flexibility index (Phi) is 5.56. The van der Waals surface area contributed by atoms with Crippen LogP contribution >= 0.6 is 0 Å². The lowest BCUT2D eigenvalue weighted by Crippen LogP contribution is -2.61. The van der Waals surface area contributed by atoms with E-state index in [1.807, 2.05) is 30.3 Å². The number of rotatable bonds is 4. The van der Waals surface area contributed by atoms with E-state index in [0.29, 0.717) is 25.9 Å². The van der Waals surface area contributed by atoms with Crippen molar-refractivity contribution in [2.45, 2.75) is 38.5 Å². The molecule has 7 heteroatoms. The van der Waals surface area contributed by atoms with Gasteiger partial charge in [0.25, 0.3) is 0 Å². The van der Waals surface area contributed by atoms with E-state index < -0.39 is 24.0 Å². The van der Waals surface area contributed by atoms with E-state index in [9.17, 15) is 19.5 Å². The van der Waals surface area contributed by atoms with Crippen LogP contribution in [-0.4, -0.2) is 64.5 Å². The molecule has 0 spiro atoms. The number of piperidine rings is 1. The molecule has 0 saturated carbocycles. The van der Waals surface area contributed by atoms with Crippen molar-refractivity contribution in [2.24, 2.45) is 5.92 Å². The number of likely N-dealkylation sites (tertiary alicyclic amines) is 1. The SMILES string of the molecule is C[C@H]1OCC(=O)N(Cc2ccccc2)[C@@H]1C(=O)N1CCCC(C(=O)O)C1. The normalized spacial score (nSPS) is 26.7. The summed E-state index contributed by atoms with van der Waals surface area (Å²) in [4.78, 5) is 40.0. The number of benzene rings is 1. The molecule has 0 aromatic heterocycles. The fourth-order valence-electron chi connectivity index (χ4n) is 3.65. The van der Waals surface area contributed by atoms with Gasteiger partial charge in [0.2, 0.25) is 11.8 Å². The van der Waals surface area contributed by atoms with E-state index in [1.54, 1.807) is 16.7 Å². The number of aliphatic carboxylic acids is 1. The number of hydrogen-bond donors (Lipinski definition) is 1. The topological polar surface area (TPSA) is 87.2 Å². The highest BCUT2D eigenvalue weighted by atomic mass is 16.5. The smallest absolute Gasteiger partial charge is 0.308 e. The molecule has 2 heterocycles. The van der Waals surface area contributed by atoms with Crippen LogP contribution in [0, 0.1) is 5.92 Å². The lowest BCUT2D eigenvalue weighted by molar-refractivity contribution is -0.169. The van der Waals surface area contributed by atoms with Crippen molar-refractivity contribution < 1.29 is 24.2 Å². The molecule has 2 aliphatic rings. The molecule has 0 radical (unpaired) electrons. The summed E-state index contributed by atoms with van der Waals surface area (Å²) in [6, 6.07) is 8.78. The Morgan fingerprint density at radius 2 is 2.00 bits per heavy atom. The molecule has 3 atom stereocenters. The molecule has 2 aliphatic heterocycles. The second-order valence-electron chi connectivity index (χ2n) is 6.93. The highest BCUT2D eigenvalue weighted by Gasteiger charge is 2.42. The molecule has 3 rings (SSSR count). The van der Waals surface area contributed by atoms with Gasteiger partial charge in [0.15, 0.2) is 0 Å². The average molecular weight is 360 g/mol. The van der Waals surface area contributed by atoms with Gasteiger partial charge in [-0.05, 0) is 25.3 Å². The van der Waals surface area contributed by atoms with Gasteiger partial charge in [0, 0.05) is 19.6 Å². The van der Waals surface area contributed by atoms with E-state index in [2.05, 4.69) is 0 Å². The number of carboxylic acid groups (broad SMARTS) is 1. The zero-order valence-corrected chi connectivity index (χ0v) is 14.8. The number of hydrogen-bond acceptors (Lipinski definition) is 4. The van der Waals surface area contributed by atoms with Gasteiger partial charge in [0.05, 0.1) is 12.0 Å². The highest BCUT2D eigenvalue weighted by Crippen LogP contribution is 2.24. The zero-order valence-electron chi connectivity index (χ0n) is 14.8. The molecule has 0 bridgehead atoms. The number of carbonyl (C=O) groups is 3. The van der Waals surface area contributed by atoms with Crippen molar-refractivity contribution in [1.82, 2.24) is 9.80 Å². The lowest BCUT2D eigenvalue weighted by Gasteiger charge is -2.42. The second kappa shape index (κ2) is 7.86. The van der Waals surface area contributed by atoms with Gasteiger partial charge in [-0.25, -0.2) is 0 Å². The third-order valence-corrected chi connectivity index (χ3v) is 5.10. The van der Waals surface area contributed by atoms with Gasteiger partial charge >= 0.3 is 5.97 Å². The number of carboxylic acids is 1. The van der Waals surface area contributed by atoms with E-state index >= 15 is 0 Å². The summed E-state index contributed by atoms with van der Waals surface area (Å²) in [5, 5.41) is 9.26. The third kappa shape index (κ3) is 3.88. The van der Waals surface area contributed by atoms with Crippen LogP contribution in [0.1, 0.15) is 25.3 Å². The number of ether oxygens (including phenoxy) is 1. The largest absolute Gasteiger partial charge is 0.481 e. The van der Waals surface area contributed by atoms with Crippen molar-refractivity contribution in [3.8, 4) is 0 Å². The van der Waals surface area contributed by atoms with Crippen LogP contribution in [0.25, 0.3) is 0 Å². The summed E-state index contributed by atoms with van der Waals surface area (Å²) in [5.74, 6) is -1.89. The number of morpholine rings is 1. The van der Waals surface area contributed by atoms with Crippen molar-refractivity contribution in [1.29, 1.82) is 0 Å². The van der Waals surface area contributed by atoms with Gasteiger partial charge in [-0.15, -0.1) is 0 Å². The van der Waals surface area contributed by atoms with Crippen molar-refractivity contribution in [3.05, 3.63) is 35.9 Å². The minimum Gasteiger partial charge on any atom is -0.481 e. The van der Waals surface area contributed by atoms with Crippen LogP contribution in [0.3, 0.4) is 0 Å². The van der Waals surface area contributed by atoms with Gasteiger partial charge in [-0.3, -0.25) is 14.4 Å². The summed E-state index contributed by atoms with van der Waals surface area (Å²) in [7, 11) is 0. The van der Waals surface area contributed by atoms with Crippen molar-refractivity contribution in [2.75, 3.05) is 19.7 Å². The molecule has 26 heavy (non-hydrogen) atoms. The van der Waals surface area contributed by atoms with Gasteiger partial charge in [-0.2, -0.15) is 0 Å². The zero-order chi connectivity index (χ0) is 18.7. The molecule has 1 unspecified atom stereocenters. The molecule has 1 aromatic rings. The molecular formula is C19H24N2O5. The van der Waals surface area contributed by atoms with Crippen LogP contribution in [0.5, 0.6) is 0 Å². The number of carbonyl (C=O) groups excluding carboxylic acids is 2. The molecule has 2 saturated heterocycles. The van der Waals surface area contributed by atoms with Crippen LogP contribution in [0.2, 0.25) is 0 Å². The molecule has 1 aromatic carbocycles. The first-order valence-electron chi connectivity index (χ1n) is 8.94. The fraction of sp³-hybridized carbons (Fsp3) is 0.526. The Balaban J connectivity index is 1.80. The maximum Gasteiger partial charge on any atom is 0.308 e. The summed E-state index contributed by atoms with van der Waals surface area (Å²) in [6.45, 7) is 2.77. The van der Waals surface area contributed by atoms with Crippen LogP contribution in [-0.2, 0) is 25.7 Å². The molecule has 0 aliphatic carbocycles. The maximum atomic E-state index is 13.1. The molecule has 140 valence electrons. The third-order valence-electron chi connectivity index (χ3n) is 5.10. The fourth-order valence-corrected chi connectivity index (χ4v) is 3.65. The summed E-state index contributed by atoms with van der Waals surface area (Å²) < 4.78 is 5.50.